The van der Waals surface area contributed by atoms with E-state index < -0.39 is 0 Å². The molecule has 0 saturated carbocycles. The molecule has 1 heterocycles. The van der Waals surface area contributed by atoms with E-state index in [1.165, 1.54) is 0 Å². The molecular weight excluding hydrogens is 293 g/mol. The van der Waals surface area contributed by atoms with Crippen LogP contribution in [0.25, 0.3) is 11.0 Å². The third-order valence-electron chi connectivity index (χ3n) is 3.67. The summed E-state index contributed by atoms with van der Waals surface area (Å²) in [5.74, 6) is 1.58. The fraction of sp³-hybridized carbons (Fsp3) is 0.533. The minimum Gasteiger partial charge on any atom is -0.325 e. The number of para-hydroxylation sites is 1. The molecule has 0 aliphatic rings. The van der Waals surface area contributed by atoms with Crippen LogP contribution < -0.4 is 0 Å². The van der Waals surface area contributed by atoms with Crippen LogP contribution in [0.15, 0.2) is 18.2 Å². The first-order chi connectivity index (χ1) is 9.54. The van der Waals surface area contributed by atoms with Gasteiger partial charge in [0.15, 0.2) is 0 Å². The van der Waals surface area contributed by atoms with E-state index in [0.717, 1.165) is 41.4 Å². The van der Waals surface area contributed by atoms with Crippen LogP contribution in [0.3, 0.4) is 0 Å². The van der Waals surface area contributed by atoms with Crippen LogP contribution in [0.2, 0.25) is 5.02 Å². The summed E-state index contributed by atoms with van der Waals surface area (Å²) in [5, 5.41) is 0.753. The molecule has 20 heavy (non-hydrogen) atoms. The number of rotatable bonds is 6. The van der Waals surface area contributed by atoms with Crippen molar-refractivity contribution < 1.29 is 0 Å². The van der Waals surface area contributed by atoms with E-state index in [0.29, 0.717) is 11.9 Å². The summed E-state index contributed by atoms with van der Waals surface area (Å²) in [6.45, 7) is 6.22. The summed E-state index contributed by atoms with van der Waals surface area (Å²) < 4.78 is 2.21. The molecule has 1 aromatic heterocycles. The molecule has 0 fully saturated rings. The normalized spacial score (nSPS) is 11.9. The van der Waals surface area contributed by atoms with Gasteiger partial charge in [-0.1, -0.05) is 17.7 Å². The van der Waals surface area contributed by atoms with Crippen molar-refractivity contribution >= 4 is 34.2 Å². The predicted molar refractivity (Wildman–Crippen MR) is 86.9 cm³/mol. The van der Waals surface area contributed by atoms with Crippen LogP contribution >= 0.6 is 23.2 Å². The van der Waals surface area contributed by atoms with Crippen LogP contribution in [-0.2, 0) is 13.0 Å². The van der Waals surface area contributed by atoms with Gasteiger partial charge in [0.2, 0.25) is 0 Å². The lowest BCUT2D eigenvalue weighted by molar-refractivity contribution is 0.263. The second-order valence-corrected chi connectivity index (χ2v) is 6.09. The summed E-state index contributed by atoms with van der Waals surface area (Å²) >= 11 is 12.2. The van der Waals surface area contributed by atoms with Gasteiger partial charge in [-0.05, 0) is 33.0 Å². The first-order valence-electron chi connectivity index (χ1n) is 6.94. The van der Waals surface area contributed by atoms with Crippen molar-refractivity contribution in [2.75, 3.05) is 19.5 Å². The Balaban J connectivity index is 2.35. The Labute approximate surface area is 130 Å². The molecular formula is C15H21Cl2N3. The molecule has 110 valence electrons. The highest BCUT2D eigenvalue weighted by molar-refractivity contribution is 6.35. The summed E-state index contributed by atoms with van der Waals surface area (Å²) in [7, 11) is 2.13. The van der Waals surface area contributed by atoms with E-state index in [4.69, 9.17) is 23.2 Å². The number of halogens is 2. The number of hydrogen-bond donors (Lipinski definition) is 0. The van der Waals surface area contributed by atoms with Gasteiger partial charge in [-0.15, -0.1) is 11.6 Å². The maximum atomic E-state index is 6.35. The number of likely N-dealkylation sites (N-methyl/N-ethyl adjacent to an activating group) is 1. The van der Waals surface area contributed by atoms with Crippen molar-refractivity contribution in [2.45, 2.75) is 32.9 Å². The summed E-state index contributed by atoms with van der Waals surface area (Å²) in [5.41, 5.74) is 1.97. The highest BCUT2D eigenvalue weighted by Crippen LogP contribution is 2.25. The number of alkyl halides is 1. The summed E-state index contributed by atoms with van der Waals surface area (Å²) in [6, 6.07) is 6.38. The molecule has 0 amide bonds. The number of fused-ring (bicyclic) bond motifs is 1. The average molecular weight is 314 g/mol. The third kappa shape index (κ3) is 3.27. The smallest absolute Gasteiger partial charge is 0.111 e. The van der Waals surface area contributed by atoms with Crippen molar-refractivity contribution in [1.29, 1.82) is 0 Å². The van der Waals surface area contributed by atoms with Crippen molar-refractivity contribution in [1.82, 2.24) is 14.5 Å². The number of hydrogen-bond acceptors (Lipinski definition) is 2. The fourth-order valence-electron chi connectivity index (χ4n) is 2.22. The predicted octanol–water partition coefficient (Wildman–Crippen LogP) is 3.81. The van der Waals surface area contributed by atoms with Crippen LogP contribution in [0.4, 0.5) is 0 Å². The molecule has 0 aliphatic heterocycles. The number of aromatic nitrogens is 2. The zero-order chi connectivity index (χ0) is 14.7. The molecule has 2 aromatic rings. The Morgan fingerprint density at radius 2 is 2.10 bits per heavy atom. The van der Waals surface area contributed by atoms with Crippen molar-refractivity contribution in [3.63, 3.8) is 0 Å². The molecule has 0 aliphatic carbocycles. The lowest BCUT2D eigenvalue weighted by Crippen LogP contribution is -2.30. The van der Waals surface area contributed by atoms with E-state index in [-0.39, 0.29) is 0 Å². The van der Waals surface area contributed by atoms with Gasteiger partial charge in [0.1, 0.15) is 5.82 Å². The maximum absolute atomic E-state index is 6.35. The number of imidazole rings is 1. The lowest BCUT2D eigenvalue weighted by atomic mass is 10.3. The van der Waals surface area contributed by atoms with Gasteiger partial charge in [-0.3, -0.25) is 0 Å². The zero-order valence-corrected chi connectivity index (χ0v) is 13.7. The Bertz CT molecular complexity index is 578. The molecule has 0 atom stereocenters. The second kappa shape index (κ2) is 6.79. The standard InChI is InChI=1S/C15H21Cl2N3/c1-11(2)19(3)9-10-20-14(7-8-16)18-13-6-4-5-12(17)15(13)20/h4-6,11H,7-10H2,1-3H3. The lowest BCUT2D eigenvalue weighted by Gasteiger charge is -2.22. The topological polar surface area (TPSA) is 21.1 Å². The van der Waals surface area contributed by atoms with Crippen LogP contribution in [0.5, 0.6) is 0 Å². The minimum atomic E-state index is 0.525. The van der Waals surface area contributed by atoms with Gasteiger partial charge in [0.05, 0.1) is 16.1 Å². The molecule has 0 N–H and O–H groups in total. The molecule has 2 rings (SSSR count). The number of nitrogens with zero attached hydrogens (tertiary/aromatic N) is 3. The molecule has 0 bridgehead atoms. The van der Waals surface area contributed by atoms with Gasteiger partial charge in [-0.2, -0.15) is 0 Å². The Morgan fingerprint density at radius 1 is 1.35 bits per heavy atom. The quantitative estimate of drug-likeness (QED) is 0.756. The molecule has 0 spiro atoms. The maximum Gasteiger partial charge on any atom is 0.111 e. The molecule has 0 unspecified atom stereocenters. The Kier molecular flexibility index (Phi) is 5.30. The van der Waals surface area contributed by atoms with E-state index in [1.54, 1.807) is 0 Å². The largest absolute Gasteiger partial charge is 0.325 e. The van der Waals surface area contributed by atoms with Gasteiger partial charge >= 0.3 is 0 Å². The van der Waals surface area contributed by atoms with Crippen molar-refractivity contribution in [2.24, 2.45) is 0 Å². The van der Waals surface area contributed by atoms with Crippen LogP contribution in [-0.4, -0.2) is 40.0 Å². The molecule has 5 heteroatoms. The van der Waals surface area contributed by atoms with Crippen LogP contribution in [0.1, 0.15) is 19.7 Å². The number of aryl methyl sites for hydroxylation is 1. The van der Waals surface area contributed by atoms with Gasteiger partial charge in [0.25, 0.3) is 0 Å². The minimum absolute atomic E-state index is 0.525. The highest BCUT2D eigenvalue weighted by Gasteiger charge is 2.14. The molecule has 1 aromatic carbocycles. The average Bonchev–Trinajstić information content (AvgIpc) is 2.75. The van der Waals surface area contributed by atoms with E-state index in [9.17, 15) is 0 Å². The first-order valence-corrected chi connectivity index (χ1v) is 7.85. The monoisotopic (exact) mass is 313 g/mol. The fourth-order valence-corrected chi connectivity index (χ4v) is 2.66. The second-order valence-electron chi connectivity index (χ2n) is 5.30. The van der Waals surface area contributed by atoms with Gasteiger partial charge < -0.3 is 9.47 Å². The zero-order valence-electron chi connectivity index (χ0n) is 12.2. The van der Waals surface area contributed by atoms with Crippen molar-refractivity contribution in [3.8, 4) is 0 Å². The van der Waals surface area contributed by atoms with E-state index in [1.807, 2.05) is 18.2 Å². The van der Waals surface area contributed by atoms with Gasteiger partial charge in [-0.25, -0.2) is 4.98 Å². The number of benzene rings is 1. The summed E-state index contributed by atoms with van der Waals surface area (Å²) in [6.07, 6.45) is 0.762. The van der Waals surface area contributed by atoms with Gasteiger partial charge in [0, 0.05) is 31.4 Å². The molecule has 3 nitrogen and oxygen atoms in total. The summed E-state index contributed by atoms with van der Waals surface area (Å²) in [4.78, 5) is 6.97. The first kappa shape index (κ1) is 15.6. The van der Waals surface area contributed by atoms with E-state index in [2.05, 4.69) is 35.3 Å². The highest BCUT2D eigenvalue weighted by atomic mass is 35.5. The molecule has 0 saturated heterocycles. The Morgan fingerprint density at radius 3 is 2.75 bits per heavy atom. The SMILES string of the molecule is CC(C)N(C)CCn1c(CCCl)nc2cccc(Cl)c21. The Hall–Kier alpha value is -0.770. The van der Waals surface area contributed by atoms with Crippen LogP contribution in [0, 0.1) is 0 Å². The third-order valence-corrected chi connectivity index (χ3v) is 4.17. The van der Waals surface area contributed by atoms with Crippen molar-refractivity contribution in [3.05, 3.63) is 29.0 Å². The molecule has 0 radical (unpaired) electrons. The van der Waals surface area contributed by atoms with E-state index >= 15 is 0 Å².